The van der Waals surface area contributed by atoms with Crippen LogP contribution < -0.4 is 0 Å². The molecule has 39 heavy (non-hydrogen) atoms. The molecule has 0 radical (unpaired) electrons. The van der Waals surface area contributed by atoms with E-state index in [2.05, 4.69) is 131 Å². The van der Waals surface area contributed by atoms with Crippen LogP contribution in [-0.4, -0.2) is 0 Å². The number of hydrogen-bond acceptors (Lipinski definition) is 0. The highest BCUT2D eigenvalue weighted by Crippen LogP contribution is 2.59. The molecule has 3 atom stereocenters. The van der Waals surface area contributed by atoms with Gasteiger partial charge in [-0.2, -0.15) is 0 Å². The maximum atomic E-state index is 2.64. The van der Waals surface area contributed by atoms with Crippen LogP contribution in [0.4, 0.5) is 0 Å². The maximum absolute atomic E-state index is 2.64. The molecule has 0 fully saturated rings. The van der Waals surface area contributed by atoms with E-state index in [0.717, 1.165) is 6.42 Å². The third-order valence-electron chi connectivity index (χ3n) is 10.1. The van der Waals surface area contributed by atoms with Crippen molar-refractivity contribution in [2.45, 2.75) is 51.4 Å². The van der Waals surface area contributed by atoms with Crippen LogP contribution in [0.1, 0.15) is 72.4 Å². The Labute approximate surface area is 231 Å². The Kier molecular flexibility index (Phi) is 4.76. The van der Waals surface area contributed by atoms with Gasteiger partial charge in [0.1, 0.15) is 0 Å². The van der Waals surface area contributed by atoms with Crippen LogP contribution in [0.2, 0.25) is 0 Å². The number of aryl methyl sites for hydroxylation is 1. The fourth-order valence-electron chi connectivity index (χ4n) is 8.44. The zero-order valence-electron chi connectivity index (χ0n) is 23.3. The second kappa shape index (κ2) is 8.06. The fraction of sp³-hybridized carbons (Fsp3) is 0.231. The van der Waals surface area contributed by atoms with Gasteiger partial charge >= 0.3 is 0 Å². The van der Waals surface area contributed by atoms with Gasteiger partial charge in [-0.1, -0.05) is 124 Å². The van der Waals surface area contributed by atoms with Gasteiger partial charge in [0.25, 0.3) is 0 Å². The molecule has 0 heterocycles. The average molecular weight is 503 g/mol. The molecule has 0 saturated heterocycles. The second-order valence-electron chi connectivity index (χ2n) is 12.5. The summed E-state index contributed by atoms with van der Waals surface area (Å²) in [5.41, 5.74) is 10.3. The Bertz CT molecular complexity index is 1940. The molecular weight excluding hydrogens is 468 g/mol. The van der Waals surface area contributed by atoms with E-state index >= 15 is 0 Å². The van der Waals surface area contributed by atoms with Crippen molar-refractivity contribution in [3.05, 3.63) is 130 Å². The summed E-state index contributed by atoms with van der Waals surface area (Å²) in [5, 5.41) is 8.38. The van der Waals surface area contributed by atoms with Gasteiger partial charge in [0.15, 0.2) is 0 Å². The zero-order valence-corrected chi connectivity index (χ0v) is 23.3. The molecule has 0 spiro atoms. The molecule has 0 amide bonds. The number of allylic oxidation sites excluding steroid dienone is 5. The molecule has 8 rings (SSSR count). The summed E-state index contributed by atoms with van der Waals surface area (Å²) in [5.74, 6) is 1.33. The minimum Gasteiger partial charge on any atom is -0.0833 e. The lowest BCUT2D eigenvalue weighted by molar-refractivity contribution is 0.397. The van der Waals surface area contributed by atoms with E-state index in [-0.39, 0.29) is 5.41 Å². The first kappa shape index (κ1) is 23.0. The van der Waals surface area contributed by atoms with Crippen LogP contribution in [0.5, 0.6) is 0 Å². The van der Waals surface area contributed by atoms with Crippen molar-refractivity contribution in [3.8, 4) is 0 Å². The number of hydrogen-bond donors (Lipinski definition) is 0. The fourth-order valence-corrected chi connectivity index (χ4v) is 8.44. The van der Waals surface area contributed by atoms with Crippen molar-refractivity contribution in [2.75, 3.05) is 0 Å². The minimum absolute atomic E-state index is 0.0172. The van der Waals surface area contributed by atoms with Gasteiger partial charge < -0.3 is 0 Å². The van der Waals surface area contributed by atoms with Gasteiger partial charge in [0.2, 0.25) is 0 Å². The molecule has 5 aromatic carbocycles. The number of fused-ring (bicyclic) bond motifs is 10. The molecular formula is C39H34. The summed E-state index contributed by atoms with van der Waals surface area (Å²) in [4.78, 5) is 0. The molecule has 0 bridgehead atoms. The molecule has 0 aromatic heterocycles. The molecule has 5 aromatic rings. The lowest BCUT2D eigenvalue weighted by atomic mass is 9.71. The van der Waals surface area contributed by atoms with Crippen molar-refractivity contribution in [1.29, 1.82) is 0 Å². The van der Waals surface area contributed by atoms with Crippen LogP contribution in [0.3, 0.4) is 0 Å². The first-order chi connectivity index (χ1) is 19.0. The molecule has 0 nitrogen and oxygen atoms in total. The van der Waals surface area contributed by atoms with Crippen molar-refractivity contribution >= 4 is 44.0 Å². The van der Waals surface area contributed by atoms with Crippen LogP contribution in [0.25, 0.3) is 44.0 Å². The van der Waals surface area contributed by atoms with Crippen LogP contribution in [0, 0.1) is 12.8 Å². The molecule has 0 heteroatoms. The van der Waals surface area contributed by atoms with Gasteiger partial charge in [-0.05, 0) is 102 Å². The highest BCUT2D eigenvalue weighted by atomic mass is 14.5. The Morgan fingerprint density at radius 2 is 1.31 bits per heavy atom. The molecule has 0 aliphatic heterocycles. The Balaban J connectivity index is 1.41. The topological polar surface area (TPSA) is 0 Å². The molecule has 3 unspecified atom stereocenters. The van der Waals surface area contributed by atoms with Crippen LogP contribution in [-0.2, 0) is 5.41 Å². The summed E-state index contributed by atoms with van der Waals surface area (Å²) < 4.78 is 0. The van der Waals surface area contributed by atoms with E-state index in [9.17, 15) is 0 Å². The summed E-state index contributed by atoms with van der Waals surface area (Å²) in [7, 11) is 0. The minimum atomic E-state index is 0.0172. The average Bonchev–Trinajstić information content (AvgIpc) is 3.20. The van der Waals surface area contributed by atoms with E-state index in [0.29, 0.717) is 17.8 Å². The molecule has 0 N–H and O–H groups in total. The summed E-state index contributed by atoms with van der Waals surface area (Å²) in [6.07, 6.45) is 13.5. The largest absolute Gasteiger partial charge is 0.0833 e. The van der Waals surface area contributed by atoms with E-state index in [1.807, 2.05) is 0 Å². The Morgan fingerprint density at radius 3 is 2.05 bits per heavy atom. The molecule has 3 aliphatic rings. The first-order valence-corrected chi connectivity index (χ1v) is 14.5. The van der Waals surface area contributed by atoms with E-state index in [1.54, 1.807) is 5.56 Å². The maximum Gasteiger partial charge on any atom is 0.0102 e. The third kappa shape index (κ3) is 3.01. The third-order valence-corrected chi connectivity index (χ3v) is 10.1. The van der Waals surface area contributed by atoms with E-state index < -0.39 is 0 Å². The Hall–Kier alpha value is -3.90. The van der Waals surface area contributed by atoms with E-state index in [1.165, 1.54) is 65.7 Å². The molecule has 3 aliphatic carbocycles. The lowest BCUT2D eigenvalue weighted by Gasteiger charge is -2.33. The normalized spacial score (nSPS) is 22.7. The SMILES string of the molecule is Cc1c2c(c(C3=CC4C(C=C3)c3c(c5ccccc5c5ccccc35)C4(C)C)c3ccccc13)C=CCC2C. The van der Waals surface area contributed by atoms with Crippen molar-refractivity contribution in [3.63, 3.8) is 0 Å². The van der Waals surface area contributed by atoms with Crippen LogP contribution in [0.15, 0.2) is 97.1 Å². The standard InChI is InChI=1S/C39H34/c1-23-12-11-19-33-35(23)24(2)26-13-5-8-16-29(26)36(33)25-20-21-32-34(22-25)39(3,4)38-31-18-10-7-15-28(31)27-14-6-9-17-30(27)37(32)38/h5-11,13-23,32,34H,12H2,1-4H3. The predicted molar refractivity (Wildman–Crippen MR) is 169 cm³/mol. The molecule has 0 saturated carbocycles. The smallest absolute Gasteiger partial charge is 0.0102 e. The summed E-state index contributed by atoms with van der Waals surface area (Å²) >= 11 is 0. The Morgan fingerprint density at radius 1 is 0.692 bits per heavy atom. The number of rotatable bonds is 1. The summed E-state index contributed by atoms with van der Waals surface area (Å²) in [6, 6.07) is 27.2. The van der Waals surface area contributed by atoms with Gasteiger partial charge in [-0.25, -0.2) is 0 Å². The predicted octanol–water partition coefficient (Wildman–Crippen LogP) is 10.6. The van der Waals surface area contributed by atoms with Crippen molar-refractivity contribution in [1.82, 2.24) is 0 Å². The van der Waals surface area contributed by atoms with Crippen LogP contribution >= 0.6 is 0 Å². The van der Waals surface area contributed by atoms with Crippen molar-refractivity contribution in [2.24, 2.45) is 5.92 Å². The number of benzene rings is 5. The highest BCUT2D eigenvalue weighted by Gasteiger charge is 2.47. The van der Waals surface area contributed by atoms with Gasteiger partial charge in [-0.15, -0.1) is 0 Å². The van der Waals surface area contributed by atoms with E-state index in [4.69, 9.17) is 0 Å². The monoisotopic (exact) mass is 502 g/mol. The zero-order chi connectivity index (χ0) is 26.5. The first-order valence-electron chi connectivity index (χ1n) is 14.5. The van der Waals surface area contributed by atoms with Gasteiger partial charge in [-0.3, -0.25) is 0 Å². The lowest BCUT2D eigenvalue weighted by Crippen LogP contribution is -2.25. The van der Waals surface area contributed by atoms with Gasteiger partial charge in [0, 0.05) is 5.92 Å². The highest BCUT2D eigenvalue weighted by molar-refractivity contribution is 6.12. The quantitative estimate of drug-likeness (QED) is 0.200. The van der Waals surface area contributed by atoms with Crippen molar-refractivity contribution < 1.29 is 0 Å². The van der Waals surface area contributed by atoms with Gasteiger partial charge in [0.05, 0.1) is 0 Å². The second-order valence-corrected chi connectivity index (χ2v) is 12.5. The summed E-state index contributed by atoms with van der Waals surface area (Å²) in [6.45, 7) is 9.68. The molecule has 190 valence electrons.